The van der Waals surface area contributed by atoms with Crippen molar-refractivity contribution >= 4 is 23.2 Å². The Hall–Kier alpha value is -3.14. The second kappa shape index (κ2) is 8.64. The van der Waals surface area contributed by atoms with Gasteiger partial charge >= 0.3 is 0 Å². The fourth-order valence-corrected chi connectivity index (χ4v) is 2.59. The van der Waals surface area contributed by atoms with Crippen LogP contribution in [-0.4, -0.2) is 11.8 Å². The maximum atomic E-state index is 13.0. The number of hydrogen-bond donors (Lipinski definition) is 2. The molecule has 0 bridgehead atoms. The first-order valence-corrected chi connectivity index (χ1v) is 8.07. The van der Waals surface area contributed by atoms with Gasteiger partial charge in [0.05, 0.1) is 0 Å². The zero-order valence-corrected chi connectivity index (χ0v) is 14.1. The predicted molar refractivity (Wildman–Crippen MR) is 102 cm³/mol. The van der Waals surface area contributed by atoms with Crippen molar-refractivity contribution in [2.24, 2.45) is 5.41 Å². The van der Waals surface area contributed by atoms with Crippen LogP contribution < -0.4 is 10.6 Å². The Morgan fingerprint density at radius 1 is 0.760 bits per heavy atom. The van der Waals surface area contributed by atoms with Crippen LogP contribution >= 0.6 is 0 Å². The molecule has 2 N–H and O–H groups in total. The Balaban J connectivity index is 2.31. The lowest BCUT2D eigenvalue weighted by molar-refractivity contribution is -0.137. The Kier molecular flexibility index (Phi) is 6.29. The Bertz CT molecular complexity index is 674. The van der Waals surface area contributed by atoms with Crippen LogP contribution in [0.3, 0.4) is 0 Å². The zero-order chi connectivity index (χ0) is 18.1. The molecule has 4 heteroatoms. The van der Waals surface area contributed by atoms with Gasteiger partial charge in [0.1, 0.15) is 5.41 Å². The summed E-state index contributed by atoms with van der Waals surface area (Å²) in [5, 5.41) is 5.65. The molecule has 0 saturated carbocycles. The van der Waals surface area contributed by atoms with Crippen LogP contribution in [0.25, 0.3) is 0 Å². The third-order valence-electron chi connectivity index (χ3n) is 3.92. The van der Waals surface area contributed by atoms with Gasteiger partial charge in [-0.1, -0.05) is 48.6 Å². The fourth-order valence-electron chi connectivity index (χ4n) is 2.59. The van der Waals surface area contributed by atoms with E-state index in [2.05, 4.69) is 23.8 Å². The number of para-hydroxylation sites is 2. The quantitative estimate of drug-likeness (QED) is 0.555. The van der Waals surface area contributed by atoms with Gasteiger partial charge in [0.25, 0.3) is 0 Å². The summed E-state index contributed by atoms with van der Waals surface area (Å²) in [5.74, 6) is -0.765. The zero-order valence-electron chi connectivity index (χ0n) is 14.1. The standard InChI is InChI=1S/C21H22N2O2/c1-3-15-21(16-4-2,19(24)22-17-11-7-5-8-12-17)20(25)23-18-13-9-6-10-14-18/h3-14H,1-2,15-16H2,(H,22,24)(H,23,25). The molecule has 128 valence electrons. The van der Waals surface area contributed by atoms with Gasteiger partial charge in [-0.3, -0.25) is 9.59 Å². The maximum Gasteiger partial charge on any atom is 0.240 e. The van der Waals surface area contributed by atoms with Crippen LogP contribution in [0.2, 0.25) is 0 Å². The normalized spacial score (nSPS) is 10.6. The lowest BCUT2D eigenvalue weighted by Crippen LogP contribution is -2.45. The molecule has 0 aromatic heterocycles. The van der Waals surface area contributed by atoms with E-state index in [0.717, 1.165) is 0 Å². The first-order valence-electron chi connectivity index (χ1n) is 8.07. The molecule has 0 fully saturated rings. The lowest BCUT2D eigenvalue weighted by Gasteiger charge is -2.29. The smallest absolute Gasteiger partial charge is 0.240 e. The highest BCUT2D eigenvalue weighted by molar-refractivity contribution is 6.15. The minimum atomic E-state index is -1.31. The topological polar surface area (TPSA) is 58.2 Å². The molecule has 0 unspecified atom stereocenters. The molecule has 4 nitrogen and oxygen atoms in total. The van der Waals surface area contributed by atoms with E-state index in [1.807, 2.05) is 36.4 Å². The third-order valence-corrected chi connectivity index (χ3v) is 3.92. The number of carbonyl (C=O) groups excluding carboxylic acids is 2. The molecule has 0 atom stereocenters. The summed E-state index contributed by atoms with van der Waals surface area (Å²) in [6.07, 6.45) is 3.57. The number of rotatable bonds is 8. The van der Waals surface area contributed by atoms with E-state index in [1.165, 1.54) is 0 Å². The summed E-state index contributed by atoms with van der Waals surface area (Å²) in [5.41, 5.74) is -0.0372. The summed E-state index contributed by atoms with van der Waals surface area (Å²) in [7, 11) is 0. The second-order valence-corrected chi connectivity index (χ2v) is 5.71. The van der Waals surface area contributed by atoms with E-state index >= 15 is 0 Å². The summed E-state index contributed by atoms with van der Waals surface area (Å²) in [4.78, 5) is 26.0. The van der Waals surface area contributed by atoms with Crippen LogP contribution in [0.5, 0.6) is 0 Å². The van der Waals surface area contributed by atoms with E-state index in [1.54, 1.807) is 36.4 Å². The first kappa shape index (κ1) is 18.2. The monoisotopic (exact) mass is 334 g/mol. The van der Waals surface area contributed by atoms with E-state index in [4.69, 9.17) is 0 Å². The van der Waals surface area contributed by atoms with Crippen molar-refractivity contribution in [3.63, 3.8) is 0 Å². The molecule has 2 rings (SSSR count). The van der Waals surface area contributed by atoms with Gasteiger partial charge in [-0.05, 0) is 37.1 Å². The van der Waals surface area contributed by atoms with Crippen molar-refractivity contribution in [1.29, 1.82) is 0 Å². The van der Waals surface area contributed by atoms with Crippen LogP contribution in [0.1, 0.15) is 12.8 Å². The Morgan fingerprint density at radius 3 is 1.44 bits per heavy atom. The van der Waals surface area contributed by atoms with Gasteiger partial charge in [0, 0.05) is 11.4 Å². The Labute approximate surface area is 148 Å². The summed E-state index contributed by atoms with van der Waals surface area (Å²) >= 11 is 0. The van der Waals surface area contributed by atoms with Crippen molar-refractivity contribution in [2.75, 3.05) is 10.6 Å². The van der Waals surface area contributed by atoms with Crippen molar-refractivity contribution < 1.29 is 9.59 Å². The molecule has 0 aliphatic heterocycles. The molecule has 0 aliphatic rings. The number of benzene rings is 2. The number of allylic oxidation sites excluding steroid dienone is 2. The van der Waals surface area contributed by atoms with Crippen LogP contribution in [0, 0.1) is 5.41 Å². The van der Waals surface area contributed by atoms with E-state index < -0.39 is 5.41 Å². The Morgan fingerprint density at radius 2 is 1.12 bits per heavy atom. The van der Waals surface area contributed by atoms with Crippen LogP contribution in [0.15, 0.2) is 86.0 Å². The molecule has 0 aliphatic carbocycles. The molecular weight excluding hydrogens is 312 g/mol. The number of anilines is 2. The molecule has 2 aromatic rings. The van der Waals surface area contributed by atoms with E-state index in [-0.39, 0.29) is 24.7 Å². The van der Waals surface area contributed by atoms with Gasteiger partial charge in [0.15, 0.2) is 0 Å². The molecule has 2 aromatic carbocycles. The third kappa shape index (κ3) is 4.44. The largest absolute Gasteiger partial charge is 0.325 e. The first-order chi connectivity index (χ1) is 12.1. The van der Waals surface area contributed by atoms with Gasteiger partial charge in [0.2, 0.25) is 11.8 Å². The predicted octanol–water partition coefficient (Wildman–Crippen LogP) is 4.40. The van der Waals surface area contributed by atoms with Gasteiger partial charge < -0.3 is 10.6 Å². The average Bonchev–Trinajstić information content (AvgIpc) is 2.63. The fraction of sp³-hybridized carbons (Fsp3) is 0.143. The molecule has 0 radical (unpaired) electrons. The van der Waals surface area contributed by atoms with Crippen molar-refractivity contribution in [1.82, 2.24) is 0 Å². The number of hydrogen-bond acceptors (Lipinski definition) is 2. The van der Waals surface area contributed by atoms with Crippen molar-refractivity contribution in [3.05, 3.63) is 86.0 Å². The molecule has 0 spiro atoms. The highest BCUT2D eigenvalue weighted by Crippen LogP contribution is 2.31. The highest BCUT2D eigenvalue weighted by atomic mass is 16.2. The molecular formula is C21H22N2O2. The minimum Gasteiger partial charge on any atom is -0.325 e. The highest BCUT2D eigenvalue weighted by Gasteiger charge is 2.43. The van der Waals surface area contributed by atoms with E-state index in [9.17, 15) is 9.59 Å². The number of nitrogens with one attached hydrogen (secondary N) is 2. The van der Waals surface area contributed by atoms with Crippen LogP contribution in [-0.2, 0) is 9.59 Å². The minimum absolute atomic E-state index is 0.205. The van der Waals surface area contributed by atoms with Crippen LogP contribution in [0.4, 0.5) is 11.4 Å². The summed E-state index contributed by atoms with van der Waals surface area (Å²) < 4.78 is 0. The molecule has 25 heavy (non-hydrogen) atoms. The molecule has 2 amide bonds. The molecule has 0 saturated heterocycles. The number of carbonyl (C=O) groups is 2. The second-order valence-electron chi connectivity index (χ2n) is 5.71. The number of amides is 2. The van der Waals surface area contributed by atoms with E-state index in [0.29, 0.717) is 11.4 Å². The van der Waals surface area contributed by atoms with Gasteiger partial charge in [-0.25, -0.2) is 0 Å². The van der Waals surface area contributed by atoms with Gasteiger partial charge in [-0.15, -0.1) is 13.2 Å². The van der Waals surface area contributed by atoms with Gasteiger partial charge in [-0.2, -0.15) is 0 Å². The SMILES string of the molecule is C=CCC(CC=C)(C(=O)Nc1ccccc1)C(=O)Nc1ccccc1. The maximum absolute atomic E-state index is 13.0. The molecule has 0 heterocycles. The lowest BCUT2D eigenvalue weighted by atomic mass is 9.78. The summed E-state index contributed by atoms with van der Waals surface area (Å²) in [6.45, 7) is 7.42. The van der Waals surface area contributed by atoms with Crippen molar-refractivity contribution in [3.8, 4) is 0 Å². The van der Waals surface area contributed by atoms with Crippen molar-refractivity contribution in [2.45, 2.75) is 12.8 Å². The average molecular weight is 334 g/mol. The summed E-state index contributed by atoms with van der Waals surface area (Å²) in [6, 6.07) is 18.1.